The first-order chi connectivity index (χ1) is 11.6. The fraction of sp³-hybridized carbons (Fsp3) is 0.650. The Balaban J connectivity index is 1.74. The third-order valence-corrected chi connectivity index (χ3v) is 5.83. The number of carbonyl (C=O) groups is 1. The first-order valence-electron chi connectivity index (χ1n) is 9.22. The van der Waals surface area contributed by atoms with Crippen molar-refractivity contribution < 1.29 is 9.53 Å². The summed E-state index contributed by atoms with van der Waals surface area (Å²) in [5.74, 6) is 1.78. The number of carbonyl (C=O) groups excluding carboxylic acids is 1. The number of rotatable bonds is 8. The van der Waals surface area contributed by atoms with Crippen molar-refractivity contribution in [1.29, 1.82) is 0 Å². The summed E-state index contributed by atoms with van der Waals surface area (Å²) in [5.41, 5.74) is 2.31. The largest absolute Gasteiger partial charge is 0.481 e. The lowest BCUT2D eigenvalue weighted by Crippen LogP contribution is -2.39. The Bertz CT molecular complexity index is 506. The fourth-order valence-electron chi connectivity index (χ4n) is 3.23. The van der Waals surface area contributed by atoms with Crippen molar-refractivity contribution in [3.63, 3.8) is 0 Å². The second-order valence-corrected chi connectivity index (χ2v) is 8.17. The number of ether oxygens (including phenoxy) is 1. The average Bonchev–Trinajstić information content (AvgIpc) is 2.56. The van der Waals surface area contributed by atoms with E-state index in [1.165, 1.54) is 32.1 Å². The molecule has 1 saturated carbocycles. The first kappa shape index (κ1) is 19.2. The fourth-order valence-corrected chi connectivity index (χ4v) is 4.45. The van der Waals surface area contributed by atoms with Crippen LogP contribution in [0.25, 0.3) is 0 Å². The molecule has 0 saturated heterocycles. The molecule has 4 heteroatoms. The molecule has 0 bridgehead atoms. The molecule has 3 nitrogen and oxygen atoms in total. The number of amides is 1. The van der Waals surface area contributed by atoms with Crippen LogP contribution in [-0.2, 0) is 4.79 Å². The van der Waals surface area contributed by atoms with E-state index in [1.54, 1.807) is 0 Å². The zero-order valence-electron chi connectivity index (χ0n) is 15.3. The summed E-state index contributed by atoms with van der Waals surface area (Å²) in [6.45, 7) is 6.81. The molecule has 1 N–H and O–H groups in total. The Morgan fingerprint density at radius 2 is 1.88 bits per heavy atom. The second kappa shape index (κ2) is 9.97. The van der Waals surface area contributed by atoms with Gasteiger partial charge in [-0.2, -0.15) is 11.8 Å². The van der Waals surface area contributed by atoms with Crippen LogP contribution in [0.1, 0.15) is 56.6 Å². The number of nitrogens with one attached hydrogen (secondary N) is 1. The van der Waals surface area contributed by atoms with Crippen molar-refractivity contribution in [2.45, 2.75) is 70.7 Å². The Morgan fingerprint density at radius 1 is 1.21 bits per heavy atom. The zero-order chi connectivity index (χ0) is 17.4. The van der Waals surface area contributed by atoms with Crippen LogP contribution in [0, 0.1) is 13.8 Å². The van der Waals surface area contributed by atoms with Crippen molar-refractivity contribution in [1.82, 2.24) is 5.32 Å². The predicted molar refractivity (Wildman–Crippen MR) is 103 cm³/mol. The predicted octanol–water partition coefficient (Wildman–Crippen LogP) is 4.64. The molecule has 0 heterocycles. The first-order valence-corrected chi connectivity index (χ1v) is 10.3. The van der Waals surface area contributed by atoms with Crippen LogP contribution in [0.2, 0.25) is 0 Å². The smallest absolute Gasteiger partial charge is 0.261 e. The maximum Gasteiger partial charge on any atom is 0.261 e. The van der Waals surface area contributed by atoms with Gasteiger partial charge in [0.25, 0.3) is 5.91 Å². The van der Waals surface area contributed by atoms with Crippen molar-refractivity contribution in [2.24, 2.45) is 0 Å². The molecule has 0 unspecified atom stereocenters. The SMILES string of the molecule is CC[C@H](Oc1cc(C)cc(C)c1)C(=O)NCCSC1CCCCC1. The van der Waals surface area contributed by atoms with Gasteiger partial charge in [-0.1, -0.05) is 32.3 Å². The van der Waals surface area contributed by atoms with E-state index < -0.39 is 6.10 Å². The standard InChI is InChI=1S/C20H31NO2S/c1-4-19(23-17-13-15(2)12-16(3)14-17)20(22)21-10-11-24-18-8-6-5-7-9-18/h12-14,18-19H,4-11H2,1-3H3,(H,21,22)/t19-/m0/s1. The summed E-state index contributed by atoms with van der Waals surface area (Å²) in [4.78, 5) is 12.4. The maximum atomic E-state index is 12.4. The van der Waals surface area contributed by atoms with Crippen LogP contribution in [-0.4, -0.2) is 29.6 Å². The van der Waals surface area contributed by atoms with Crippen molar-refractivity contribution in [3.8, 4) is 5.75 Å². The van der Waals surface area contributed by atoms with Gasteiger partial charge >= 0.3 is 0 Å². The second-order valence-electron chi connectivity index (χ2n) is 6.76. The van der Waals surface area contributed by atoms with E-state index in [0.29, 0.717) is 6.42 Å². The van der Waals surface area contributed by atoms with Crippen molar-refractivity contribution in [3.05, 3.63) is 29.3 Å². The van der Waals surface area contributed by atoms with Gasteiger partial charge in [0, 0.05) is 17.5 Å². The lowest BCUT2D eigenvalue weighted by atomic mass is 10.0. The van der Waals surface area contributed by atoms with E-state index in [-0.39, 0.29) is 5.91 Å². The maximum absolute atomic E-state index is 12.4. The van der Waals surface area contributed by atoms with Gasteiger partial charge in [-0.05, 0) is 56.4 Å². The lowest BCUT2D eigenvalue weighted by molar-refractivity contribution is -0.127. The Kier molecular flexibility index (Phi) is 7.97. The molecular weight excluding hydrogens is 318 g/mol. The number of hydrogen-bond acceptors (Lipinski definition) is 3. The third kappa shape index (κ3) is 6.39. The average molecular weight is 350 g/mol. The van der Waals surface area contributed by atoms with E-state index in [1.807, 2.05) is 44.7 Å². The third-order valence-electron chi connectivity index (χ3n) is 4.44. The van der Waals surface area contributed by atoms with Gasteiger partial charge in [-0.25, -0.2) is 0 Å². The minimum absolute atomic E-state index is 0.000836. The zero-order valence-corrected chi connectivity index (χ0v) is 16.1. The molecule has 1 atom stereocenters. The van der Waals surface area contributed by atoms with Gasteiger partial charge in [0.05, 0.1) is 0 Å². The number of benzene rings is 1. The minimum atomic E-state index is -0.411. The van der Waals surface area contributed by atoms with Crippen LogP contribution >= 0.6 is 11.8 Å². The van der Waals surface area contributed by atoms with Crippen molar-refractivity contribution >= 4 is 17.7 Å². The van der Waals surface area contributed by atoms with Gasteiger partial charge in [0.15, 0.2) is 6.10 Å². The van der Waals surface area contributed by atoms with E-state index in [0.717, 1.165) is 34.4 Å². The number of thioether (sulfide) groups is 1. The van der Waals surface area contributed by atoms with Crippen LogP contribution in [0.15, 0.2) is 18.2 Å². The van der Waals surface area contributed by atoms with Crippen LogP contribution < -0.4 is 10.1 Å². The van der Waals surface area contributed by atoms with Crippen molar-refractivity contribution in [2.75, 3.05) is 12.3 Å². The molecule has 134 valence electrons. The van der Waals surface area contributed by atoms with Gasteiger partial charge in [-0.3, -0.25) is 4.79 Å². The molecule has 24 heavy (non-hydrogen) atoms. The summed E-state index contributed by atoms with van der Waals surface area (Å²) in [6.07, 6.45) is 7.07. The number of hydrogen-bond donors (Lipinski definition) is 1. The molecule has 1 aliphatic carbocycles. The molecule has 1 aromatic rings. The molecule has 0 spiro atoms. The van der Waals surface area contributed by atoms with Crippen LogP contribution in [0.4, 0.5) is 0 Å². The topological polar surface area (TPSA) is 38.3 Å². The van der Waals surface area contributed by atoms with Gasteiger partial charge in [0.1, 0.15) is 5.75 Å². The normalized spacial score (nSPS) is 16.6. The van der Waals surface area contributed by atoms with E-state index >= 15 is 0 Å². The summed E-state index contributed by atoms with van der Waals surface area (Å²) in [7, 11) is 0. The summed E-state index contributed by atoms with van der Waals surface area (Å²) >= 11 is 2.01. The summed E-state index contributed by atoms with van der Waals surface area (Å²) in [6, 6.07) is 6.08. The van der Waals surface area contributed by atoms with E-state index in [2.05, 4.69) is 11.4 Å². The molecular formula is C20H31NO2S. The van der Waals surface area contributed by atoms with Crippen LogP contribution in [0.5, 0.6) is 5.75 Å². The molecule has 1 fully saturated rings. The summed E-state index contributed by atoms with van der Waals surface area (Å²) in [5, 5.41) is 3.83. The molecule has 0 aliphatic heterocycles. The Morgan fingerprint density at radius 3 is 2.50 bits per heavy atom. The summed E-state index contributed by atoms with van der Waals surface area (Å²) < 4.78 is 5.92. The van der Waals surface area contributed by atoms with E-state index in [4.69, 9.17) is 4.74 Å². The monoisotopic (exact) mass is 349 g/mol. The van der Waals surface area contributed by atoms with E-state index in [9.17, 15) is 4.79 Å². The molecule has 0 radical (unpaired) electrons. The highest BCUT2D eigenvalue weighted by Crippen LogP contribution is 2.27. The highest BCUT2D eigenvalue weighted by Gasteiger charge is 2.19. The minimum Gasteiger partial charge on any atom is -0.481 e. The van der Waals surface area contributed by atoms with Crippen LogP contribution in [0.3, 0.4) is 0 Å². The molecule has 1 amide bonds. The quantitative estimate of drug-likeness (QED) is 0.695. The Labute approximate surface area is 150 Å². The van der Waals surface area contributed by atoms with Gasteiger partial charge < -0.3 is 10.1 Å². The number of aryl methyl sites for hydroxylation is 2. The molecule has 0 aromatic heterocycles. The molecule has 1 aliphatic rings. The lowest BCUT2D eigenvalue weighted by Gasteiger charge is -2.21. The van der Waals surface area contributed by atoms with Gasteiger partial charge in [0.2, 0.25) is 0 Å². The molecule has 2 rings (SSSR count). The highest BCUT2D eigenvalue weighted by molar-refractivity contribution is 7.99. The molecule has 1 aromatic carbocycles. The Hall–Kier alpha value is -1.16. The van der Waals surface area contributed by atoms with Gasteiger partial charge in [-0.15, -0.1) is 0 Å². The highest BCUT2D eigenvalue weighted by atomic mass is 32.2.